The lowest BCUT2D eigenvalue weighted by molar-refractivity contribution is 0.147. The van der Waals surface area contributed by atoms with Crippen molar-refractivity contribution < 1.29 is 9.53 Å². The number of hydrazine groups is 1. The molecule has 0 bridgehead atoms. The van der Waals surface area contributed by atoms with Gasteiger partial charge in [-0.1, -0.05) is 6.92 Å². The Hall–Kier alpha value is -1.79. The van der Waals surface area contributed by atoms with Crippen LogP contribution in [-0.4, -0.2) is 56.9 Å². The molecule has 3 rings (SSSR count). The van der Waals surface area contributed by atoms with Gasteiger partial charge in [0.1, 0.15) is 5.75 Å². The second-order valence-corrected chi connectivity index (χ2v) is 6.46. The van der Waals surface area contributed by atoms with E-state index in [1.807, 2.05) is 12.1 Å². The molecule has 22 heavy (non-hydrogen) atoms. The predicted octanol–water partition coefficient (Wildman–Crippen LogP) is 1.62. The van der Waals surface area contributed by atoms with Crippen molar-refractivity contribution in [2.24, 2.45) is 0 Å². The van der Waals surface area contributed by atoms with E-state index in [9.17, 15) is 4.79 Å². The largest absolute Gasteiger partial charge is 0.429 e. The highest BCUT2D eigenvalue weighted by Crippen LogP contribution is 2.51. The van der Waals surface area contributed by atoms with Crippen molar-refractivity contribution in [3.05, 3.63) is 23.8 Å². The molecule has 1 aromatic rings. The number of rotatable bonds is 2. The first-order chi connectivity index (χ1) is 10.4. The van der Waals surface area contributed by atoms with Crippen molar-refractivity contribution in [2.75, 3.05) is 39.6 Å². The van der Waals surface area contributed by atoms with Crippen LogP contribution < -0.4 is 15.1 Å². The molecule has 1 fully saturated rings. The van der Waals surface area contributed by atoms with Crippen LogP contribution in [0.5, 0.6) is 5.75 Å². The second kappa shape index (κ2) is 5.14. The number of nitrogens with one attached hydrogen (secondary N) is 1. The number of ether oxygens (including phenoxy) is 1. The van der Waals surface area contributed by atoms with Crippen LogP contribution in [0.4, 0.5) is 10.5 Å². The summed E-state index contributed by atoms with van der Waals surface area (Å²) in [5.74, 6) is 0.593. The molecule has 2 aliphatic heterocycles. The molecule has 6 nitrogen and oxygen atoms in total. The normalized spacial score (nSPS) is 26.8. The Morgan fingerprint density at radius 3 is 2.86 bits per heavy atom. The van der Waals surface area contributed by atoms with Crippen LogP contribution in [-0.2, 0) is 5.41 Å². The molecule has 0 aromatic heterocycles. The van der Waals surface area contributed by atoms with Gasteiger partial charge in [0.2, 0.25) is 0 Å². The maximum atomic E-state index is 11.9. The first-order valence-electron chi connectivity index (χ1n) is 7.59. The Labute approximate surface area is 131 Å². The fourth-order valence-corrected chi connectivity index (χ4v) is 3.88. The third kappa shape index (κ3) is 2.06. The molecule has 0 aliphatic carbocycles. The molecule has 0 saturated carbocycles. The topological polar surface area (TPSA) is 48.1 Å². The molecule has 1 amide bonds. The van der Waals surface area contributed by atoms with Crippen molar-refractivity contribution in [1.82, 2.24) is 15.3 Å². The predicted molar refractivity (Wildman–Crippen MR) is 86.1 cm³/mol. The van der Waals surface area contributed by atoms with E-state index in [2.05, 4.69) is 42.3 Å². The van der Waals surface area contributed by atoms with E-state index in [4.69, 9.17) is 4.74 Å². The number of hydrogen-bond acceptors (Lipinski definition) is 5. The summed E-state index contributed by atoms with van der Waals surface area (Å²) in [5, 5.41) is 1.31. The molecule has 0 unspecified atom stereocenters. The zero-order chi connectivity index (χ0) is 16.1. The summed E-state index contributed by atoms with van der Waals surface area (Å²) < 4.78 is 5.44. The van der Waals surface area contributed by atoms with Crippen LogP contribution in [0.15, 0.2) is 18.2 Å². The Balaban J connectivity index is 1.92. The fraction of sp³-hybridized carbons (Fsp3) is 0.562. The SMILES string of the molecule is CNN(C)C(=O)Oc1ccc2c(c1)[C@]1(C)CCN(C)[C@@H]1N2C. The number of benzene rings is 1. The number of nitrogens with zero attached hydrogens (tertiary/aromatic N) is 3. The molecular formula is C16H24N4O2. The molecule has 2 aliphatic rings. The Kier molecular flexibility index (Phi) is 3.53. The summed E-state index contributed by atoms with van der Waals surface area (Å²) in [6.45, 7) is 3.38. The molecule has 6 heteroatoms. The van der Waals surface area contributed by atoms with E-state index in [1.165, 1.54) is 16.3 Å². The Morgan fingerprint density at radius 2 is 2.18 bits per heavy atom. The minimum Gasteiger partial charge on any atom is -0.409 e. The lowest BCUT2D eigenvalue weighted by Crippen LogP contribution is -2.45. The summed E-state index contributed by atoms with van der Waals surface area (Å²) in [6, 6.07) is 5.93. The van der Waals surface area contributed by atoms with Gasteiger partial charge in [0.05, 0.1) is 6.17 Å². The van der Waals surface area contributed by atoms with Gasteiger partial charge in [-0.3, -0.25) is 4.90 Å². The molecule has 120 valence electrons. The highest BCUT2D eigenvalue weighted by molar-refractivity contribution is 5.72. The fourth-order valence-electron chi connectivity index (χ4n) is 3.88. The third-order valence-electron chi connectivity index (χ3n) is 5.12. The van der Waals surface area contributed by atoms with Crippen molar-refractivity contribution in [2.45, 2.75) is 24.9 Å². The van der Waals surface area contributed by atoms with Crippen molar-refractivity contribution in [3.63, 3.8) is 0 Å². The number of fused-ring (bicyclic) bond motifs is 3. The summed E-state index contributed by atoms with van der Waals surface area (Å²) in [4.78, 5) is 16.6. The van der Waals surface area contributed by atoms with Crippen molar-refractivity contribution >= 4 is 11.8 Å². The summed E-state index contributed by atoms with van der Waals surface area (Å²) in [5.41, 5.74) is 5.31. The molecule has 1 saturated heterocycles. The van der Waals surface area contributed by atoms with Gasteiger partial charge in [-0.2, -0.15) is 0 Å². The van der Waals surface area contributed by atoms with Crippen LogP contribution >= 0.6 is 0 Å². The zero-order valence-electron chi connectivity index (χ0n) is 13.9. The van der Waals surface area contributed by atoms with Crippen molar-refractivity contribution in [1.29, 1.82) is 0 Å². The van der Waals surface area contributed by atoms with E-state index in [0.29, 0.717) is 11.9 Å². The minimum absolute atomic E-state index is 0.0795. The van der Waals surface area contributed by atoms with Crippen LogP contribution in [0.1, 0.15) is 18.9 Å². The number of carbonyl (C=O) groups is 1. The molecule has 0 radical (unpaired) electrons. The van der Waals surface area contributed by atoms with E-state index < -0.39 is 6.09 Å². The molecule has 1 aromatic carbocycles. The molecule has 2 heterocycles. The number of anilines is 1. The molecule has 2 atom stereocenters. The quantitative estimate of drug-likeness (QED) is 0.842. The monoisotopic (exact) mass is 304 g/mol. The van der Waals surface area contributed by atoms with Gasteiger partial charge in [-0.15, -0.1) is 0 Å². The van der Waals surface area contributed by atoms with E-state index in [-0.39, 0.29) is 5.41 Å². The van der Waals surface area contributed by atoms with Gasteiger partial charge in [0.25, 0.3) is 0 Å². The van der Waals surface area contributed by atoms with E-state index >= 15 is 0 Å². The lowest BCUT2D eigenvalue weighted by Gasteiger charge is -2.32. The maximum Gasteiger partial charge on any atom is 0.429 e. The van der Waals surface area contributed by atoms with Gasteiger partial charge in [-0.25, -0.2) is 15.2 Å². The number of likely N-dealkylation sites (N-methyl/N-ethyl adjacent to an activating group) is 2. The number of likely N-dealkylation sites (tertiary alicyclic amines) is 1. The van der Waals surface area contributed by atoms with Crippen LogP contribution in [0.3, 0.4) is 0 Å². The first-order valence-corrected chi connectivity index (χ1v) is 7.59. The van der Waals surface area contributed by atoms with Crippen LogP contribution in [0.25, 0.3) is 0 Å². The summed E-state index contributed by atoms with van der Waals surface area (Å²) in [7, 11) is 7.61. The van der Waals surface area contributed by atoms with E-state index in [1.54, 1.807) is 14.1 Å². The molecule has 1 N–H and O–H groups in total. The average molecular weight is 304 g/mol. The number of carbonyl (C=O) groups excluding carboxylic acids is 1. The summed E-state index contributed by atoms with van der Waals surface area (Å²) >= 11 is 0. The Morgan fingerprint density at radius 1 is 1.45 bits per heavy atom. The first kappa shape index (κ1) is 15.1. The van der Waals surface area contributed by atoms with Gasteiger partial charge >= 0.3 is 6.09 Å². The number of hydrogen-bond donors (Lipinski definition) is 1. The minimum atomic E-state index is -0.418. The van der Waals surface area contributed by atoms with Gasteiger partial charge in [0.15, 0.2) is 0 Å². The average Bonchev–Trinajstić information content (AvgIpc) is 2.92. The van der Waals surface area contributed by atoms with Gasteiger partial charge in [0, 0.05) is 38.8 Å². The standard InChI is InChI=1S/C16H24N4O2/c1-16-8-9-18(3)14(16)19(4)13-7-6-11(10-12(13)16)22-15(21)20(5)17-2/h6-7,10,14,17H,8-9H2,1-5H3/t14-,16+/m1/s1. The Bertz CT molecular complexity index is 606. The molecular weight excluding hydrogens is 280 g/mol. The number of amides is 1. The zero-order valence-corrected chi connectivity index (χ0v) is 13.9. The highest BCUT2D eigenvalue weighted by atomic mass is 16.6. The third-order valence-corrected chi connectivity index (χ3v) is 5.12. The maximum absolute atomic E-state index is 11.9. The van der Waals surface area contributed by atoms with Gasteiger partial charge in [-0.05, 0) is 37.2 Å². The van der Waals surface area contributed by atoms with Gasteiger partial charge < -0.3 is 9.64 Å². The molecule has 0 spiro atoms. The summed E-state index contributed by atoms with van der Waals surface area (Å²) in [6.07, 6.45) is 1.06. The van der Waals surface area contributed by atoms with Crippen LogP contribution in [0, 0.1) is 0 Å². The second-order valence-electron chi connectivity index (χ2n) is 6.46. The van der Waals surface area contributed by atoms with Crippen molar-refractivity contribution in [3.8, 4) is 5.75 Å². The highest BCUT2D eigenvalue weighted by Gasteiger charge is 2.52. The lowest BCUT2D eigenvalue weighted by atomic mass is 9.81. The smallest absolute Gasteiger partial charge is 0.409 e. The van der Waals surface area contributed by atoms with E-state index in [0.717, 1.165) is 13.0 Å². The van der Waals surface area contributed by atoms with Crippen LogP contribution in [0.2, 0.25) is 0 Å².